The van der Waals surface area contributed by atoms with Gasteiger partial charge in [0.1, 0.15) is 0 Å². The van der Waals surface area contributed by atoms with Crippen LogP contribution in [0, 0.1) is 17.2 Å². The Hall–Kier alpha value is -1.88. The number of rotatable bonds is 3. The Kier molecular flexibility index (Phi) is 3.46. The van der Waals surface area contributed by atoms with Crippen LogP contribution in [0.25, 0.3) is 10.9 Å². The Balaban J connectivity index is 1.86. The molecule has 0 radical (unpaired) electrons. The van der Waals surface area contributed by atoms with Crippen molar-refractivity contribution in [3.05, 3.63) is 42.1 Å². The van der Waals surface area contributed by atoms with Gasteiger partial charge in [0.15, 0.2) is 0 Å². The molecule has 1 aromatic carbocycles. The lowest BCUT2D eigenvalue weighted by Crippen LogP contribution is -2.03. The minimum atomic E-state index is 0.0349. The van der Waals surface area contributed by atoms with Gasteiger partial charge in [-0.3, -0.25) is 4.98 Å². The Morgan fingerprint density at radius 3 is 2.89 bits per heavy atom. The van der Waals surface area contributed by atoms with Crippen LogP contribution in [0.1, 0.15) is 43.6 Å². The van der Waals surface area contributed by atoms with E-state index in [0.29, 0.717) is 0 Å². The third-order valence-corrected chi connectivity index (χ3v) is 4.23. The van der Waals surface area contributed by atoms with Gasteiger partial charge in [0.2, 0.25) is 0 Å². The molecule has 1 aliphatic carbocycles. The summed E-state index contributed by atoms with van der Waals surface area (Å²) in [6.45, 7) is 0. The van der Waals surface area contributed by atoms with E-state index in [-0.39, 0.29) is 5.92 Å². The van der Waals surface area contributed by atoms with Crippen LogP contribution in [-0.4, -0.2) is 4.98 Å². The zero-order valence-corrected chi connectivity index (χ0v) is 11.0. The summed E-state index contributed by atoms with van der Waals surface area (Å²) in [5.41, 5.74) is 2.15. The van der Waals surface area contributed by atoms with Crippen molar-refractivity contribution in [1.29, 1.82) is 5.26 Å². The number of nitrogens with zero attached hydrogens (tertiary/aromatic N) is 2. The van der Waals surface area contributed by atoms with E-state index in [4.69, 9.17) is 0 Å². The number of nitriles is 1. The van der Waals surface area contributed by atoms with Gasteiger partial charge < -0.3 is 0 Å². The maximum Gasteiger partial charge on any atom is 0.0715 e. The molecule has 1 heterocycles. The number of pyridine rings is 1. The van der Waals surface area contributed by atoms with E-state index < -0.39 is 0 Å². The molecule has 0 amide bonds. The molecule has 1 saturated carbocycles. The normalized spacial score (nSPS) is 17.4. The topological polar surface area (TPSA) is 36.7 Å². The van der Waals surface area contributed by atoms with Gasteiger partial charge >= 0.3 is 0 Å². The second-order valence-corrected chi connectivity index (χ2v) is 5.52. The first-order valence-electron chi connectivity index (χ1n) is 7.11. The van der Waals surface area contributed by atoms with Crippen molar-refractivity contribution < 1.29 is 0 Å². The van der Waals surface area contributed by atoms with Crippen LogP contribution in [0.5, 0.6) is 0 Å². The average molecular weight is 250 g/mol. The standard InChI is InChI=1S/C17H18N2/c18-12-16(10-13-4-1-2-5-13)14-7-8-17-15(11-14)6-3-9-19-17/h3,6-9,11,13,16H,1-2,4-5,10H2. The van der Waals surface area contributed by atoms with Gasteiger partial charge in [0, 0.05) is 11.6 Å². The molecule has 1 unspecified atom stereocenters. The smallest absolute Gasteiger partial charge is 0.0715 e. The largest absolute Gasteiger partial charge is 0.256 e. The van der Waals surface area contributed by atoms with Gasteiger partial charge in [-0.25, -0.2) is 0 Å². The molecule has 0 spiro atoms. The maximum atomic E-state index is 9.45. The summed E-state index contributed by atoms with van der Waals surface area (Å²) < 4.78 is 0. The molecule has 1 aromatic heterocycles. The fourth-order valence-electron chi connectivity index (χ4n) is 3.15. The van der Waals surface area contributed by atoms with Crippen LogP contribution in [0.3, 0.4) is 0 Å². The summed E-state index contributed by atoms with van der Waals surface area (Å²) in [4.78, 5) is 4.33. The highest BCUT2D eigenvalue weighted by atomic mass is 14.6. The van der Waals surface area contributed by atoms with Gasteiger partial charge in [0.25, 0.3) is 0 Å². The molecule has 2 heteroatoms. The Bertz CT molecular complexity index is 606. The van der Waals surface area contributed by atoms with Crippen molar-refractivity contribution in [1.82, 2.24) is 4.98 Å². The number of aromatic nitrogens is 1. The highest BCUT2D eigenvalue weighted by Crippen LogP contribution is 2.34. The lowest BCUT2D eigenvalue weighted by atomic mass is 9.88. The molecule has 1 atom stereocenters. The van der Waals surface area contributed by atoms with E-state index >= 15 is 0 Å². The lowest BCUT2D eigenvalue weighted by Gasteiger charge is -2.14. The molecule has 2 nitrogen and oxygen atoms in total. The van der Waals surface area contributed by atoms with E-state index in [9.17, 15) is 5.26 Å². The Morgan fingerprint density at radius 2 is 2.11 bits per heavy atom. The van der Waals surface area contributed by atoms with Gasteiger partial charge in [-0.1, -0.05) is 37.8 Å². The van der Waals surface area contributed by atoms with E-state index in [1.165, 1.54) is 25.7 Å². The fraction of sp³-hybridized carbons (Fsp3) is 0.412. The van der Waals surface area contributed by atoms with Crippen molar-refractivity contribution in [3.8, 4) is 6.07 Å². The van der Waals surface area contributed by atoms with E-state index in [1.54, 1.807) is 0 Å². The summed E-state index contributed by atoms with van der Waals surface area (Å²) in [6.07, 6.45) is 8.10. The summed E-state index contributed by atoms with van der Waals surface area (Å²) in [5.74, 6) is 0.780. The Morgan fingerprint density at radius 1 is 1.26 bits per heavy atom. The first-order chi connectivity index (χ1) is 9.36. The van der Waals surface area contributed by atoms with Gasteiger partial charge in [-0.2, -0.15) is 5.26 Å². The van der Waals surface area contributed by atoms with E-state index in [0.717, 1.165) is 28.8 Å². The molecule has 1 fully saturated rings. The second-order valence-electron chi connectivity index (χ2n) is 5.52. The molecule has 19 heavy (non-hydrogen) atoms. The van der Waals surface area contributed by atoms with Crippen LogP contribution < -0.4 is 0 Å². The van der Waals surface area contributed by atoms with Gasteiger partial charge in [-0.15, -0.1) is 0 Å². The quantitative estimate of drug-likeness (QED) is 0.808. The highest BCUT2D eigenvalue weighted by Gasteiger charge is 2.21. The number of benzene rings is 1. The summed E-state index contributed by atoms with van der Waals surface area (Å²) in [5, 5.41) is 10.6. The monoisotopic (exact) mass is 250 g/mol. The molecule has 96 valence electrons. The number of hydrogen-bond acceptors (Lipinski definition) is 2. The van der Waals surface area contributed by atoms with Crippen molar-refractivity contribution >= 4 is 10.9 Å². The fourth-order valence-corrected chi connectivity index (χ4v) is 3.15. The molecule has 0 N–H and O–H groups in total. The second kappa shape index (κ2) is 5.40. The average Bonchev–Trinajstić information content (AvgIpc) is 2.97. The first-order valence-corrected chi connectivity index (χ1v) is 7.11. The van der Waals surface area contributed by atoms with Crippen molar-refractivity contribution in [3.63, 3.8) is 0 Å². The van der Waals surface area contributed by atoms with Crippen molar-refractivity contribution in [2.45, 2.75) is 38.0 Å². The third kappa shape index (κ3) is 2.61. The summed E-state index contributed by atoms with van der Waals surface area (Å²) in [6, 6.07) is 12.7. The molecule has 0 saturated heterocycles. The SMILES string of the molecule is N#CC(CC1CCCC1)c1ccc2ncccc2c1. The number of fused-ring (bicyclic) bond motifs is 1. The molecule has 3 rings (SSSR count). The highest BCUT2D eigenvalue weighted by molar-refractivity contribution is 5.79. The molecular weight excluding hydrogens is 232 g/mol. The molecule has 0 aliphatic heterocycles. The third-order valence-electron chi connectivity index (χ3n) is 4.23. The molecule has 2 aromatic rings. The van der Waals surface area contributed by atoms with Crippen molar-refractivity contribution in [2.75, 3.05) is 0 Å². The zero-order valence-electron chi connectivity index (χ0n) is 11.0. The first kappa shape index (κ1) is 12.2. The summed E-state index contributed by atoms with van der Waals surface area (Å²) in [7, 11) is 0. The van der Waals surface area contributed by atoms with Crippen LogP contribution in [0.15, 0.2) is 36.5 Å². The van der Waals surface area contributed by atoms with Gasteiger partial charge in [0.05, 0.1) is 17.5 Å². The minimum Gasteiger partial charge on any atom is -0.256 e. The zero-order chi connectivity index (χ0) is 13.1. The summed E-state index contributed by atoms with van der Waals surface area (Å²) >= 11 is 0. The predicted molar refractivity (Wildman–Crippen MR) is 76.7 cm³/mol. The predicted octanol–water partition coefficient (Wildman–Crippen LogP) is 4.42. The molecule has 1 aliphatic rings. The lowest BCUT2D eigenvalue weighted by molar-refractivity contribution is 0.482. The molecular formula is C17H18N2. The van der Waals surface area contributed by atoms with E-state index in [1.807, 2.05) is 18.3 Å². The maximum absolute atomic E-state index is 9.45. The van der Waals surface area contributed by atoms with Crippen LogP contribution in [0.4, 0.5) is 0 Å². The van der Waals surface area contributed by atoms with Crippen LogP contribution in [0.2, 0.25) is 0 Å². The Labute approximate surface area is 114 Å². The van der Waals surface area contributed by atoms with Crippen LogP contribution >= 0.6 is 0 Å². The van der Waals surface area contributed by atoms with E-state index in [2.05, 4.69) is 29.3 Å². The number of hydrogen-bond donors (Lipinski definition) is 0. The van der Waals surface area contributed by atoms with Gasteiger partial charge in [-0.05, 0) is 36.1 Å². The van der Waals surface area contributed by atoms with Crippen LogP contribution in [-0.2, 0) is 0 Å². The van der Waals surface area contributed by atoms with Crippen molar-refractivity contribution in [2.24, 2.45) is 5.92 Å². The molecule has 0 bridgehead atoms. The minimum absolute atomic E-state index is 0.0349.